The van der Waals surface area contributed by atoms with Crippen molar-refractivity contribution < 1.29 is 52.1 Å². The van der Waals surface area contributed by atoms with Crippen LogP contribution in [0.5, 0.6) is 0 Å². The van der Waals surface area contributed by atoms with E-state index in [0.717, 1.165) is 33.4 Å². The van der Waals surface area contributed by atoms with Crippen LogP contribution in [-0.4, -0.2) is 81.7 Å². The maximum Gasteiger partial charge on any atom is 0.187 e. The molecule has 66 heavy (non-hydrogen) atoms. The summed E-state index contributed by atoms with van der Waals surface area (Å²) in [6.45, 7) is 1.88. The second kappa shape index (κ2) is 23.6. The third-order valence-electron chi connectivity index (χ3n) is 12.0. The Morgan fingerprint density at radius 2 is 0.864 bits per heavy atom. The number of benzene rings is 6. The van der Waals surface area contributed by atoms with E-state index < -0.39 is 67.7 Å². The van der Waals surface area contributed by atoms with Gasteiger partial charge in [-0.25, -0.2) is 0 Å². The molecule has 11 nitrogen and oxygen atoms in total. The summed E-state index contributed by atoms with van der Waals surface area (Å²) in [5.41, 5.74) is 5.87. The van der Waals surface area contributed by atoms with Gasteiger partial charge in [-0.3, -0.25) is 0 Å². The van der Waals surface area contributed by atoms with E-state index in [-0.39, 0.29) is 33.0 Å². The molecular weight excluding hydrogens is 837 g/mol. The van der Waals surface area contributed by atoms with Crippen LogP contribution in [0.2, 0.25) is 0 Å². The first-order valence-electron chi connectivity index (χ1n) is 22.7. The Labute approximate surface area is 387 Å². The van der Waals surface area contributed by atoms with Gasteiger partial charge >= 0.3 is 0 Å². The van der Waals surface area contributed by atoms with Crippen LogP contribution in [-0.2, 0) is 85.1 Å². The van der Waals surface area contributed by atoms with E-state index >= 15 is 0 Å². The lowest BCUT2D eigenvalue weighted by Gasteiger charge is -2.51. The van der Waals surface area contributed by atoms with Crippen molar-refractivity contribution in [3.8, 4) is 0 Å². The average Bonchev–Trinajstić information content (AvgIpc) is 3.38. The molecule has 0 aromatic heterocycles. The molecule has 344 valence electrons. The van der Waals surface area contributed by atoms with E-state index in [0.29, 0.717) is 13.2 Å². The van der Waals surface area contributed by atoms with Crippen LogP contribution >= 0.6 is 0 Å². The number of rotatable bonds is 20. The van der Waals surface area contributed by atoms with E-state index in [9.17, 15) is 0 Å². The summed E-state index contributed by atoms with van der Waals surface area (Å²) in [6, 6.07) is 60.1. The number of methoxy groups -OCH3 is 1. The zero-order chi connectivity index (χ0) is 44.8. The fraction of sp³-hybridized carbons (Fsp3) is 0.345. The van der Waals surface area contributed by atoms with Gasteiger partial charge in [0.25, 0.3) is 0 Å². The first-order chi connectivity index (χ1) is 32.7. The molecule has 6 aromatic carbocycles. The zero-order valence-corrected chi connectivity index (χ0v) is 37.1. The van der Waals surface area contributed by atoms with E-state index in [1.54, 1.807) is 7.11 Å². The highest BCUT2D eigenvalue weighted by Crippen LogP contribution is 2.40. The quantitative estimate of drug-likeness (QED) is 0.0734. The Hall–Kier alpha value is -5.12. The summed E-state index contributed by atoms with van der Waals surface area (Å²) in [7, 11) is 1.59. The molecule has 3 aliphatic rings. The SMILES string of the molecule is CO[C@H]1O[C@@H]2CO[C@@H](c3ccccc3)O[C@H]2[C@H](OCc2ccccc2)[C@@H]1O[C@H]1O[C@H](COCc2ccccc2)[C@@H](OCc2ccccc2)[C@H](OCc2ccccc2)[C@@H]1OCc1ccccc1. The fourth-order valence-electron chi connectivity index (χ4n) is 8.63. The normalized spacial score (nSPS) is 27.5. The first-order valence-corrected chi connectivity index (χ1v) is 22.7. The molecule has 0 saturated carbocycles. The highest BCUT2D eigenvalue weighted by molar-refractivity contribution is 5.19. The second-order valence-corrected chi connectivity index (χ2v) is 16.6. The van der Waals surface area contributed by atoms with Gasteiger partial charge in [0.1, 0.15) is 48.8 Å². The van der Waals surface area contributed by atoms with E-state index in [4.69, 9.17) is 52.1 Å². The van der Waals surface area contributed by atoms with E-state index in [1.807, 2.05) is 182 Å². The maximum atomic E-state index is 7.28. The summed E-state index contributed by atoms with van der Waals surface area (Å²) in [5, 5.41) is 0. The fourth-order valence-corrected chi connectivity index (χ4v) is 8.63. The van der Waals surface area contributed by atoms with Crippen molar-refractivity contribution in [2.75, 3.05) is 20.3 Å². The molecule has 11 heteroatoms. The molecule has 0 radical (unpaired) electrons. The van der Waals surface area contributed by atoms with Gasteiger partial charge in [0.15, 0.2) is 18.9 Å². The third-order valence-corrected chi connectivity index (χ3v) is 12.0. The van der Waals surface area contributed by atoms with Gasteiger partial charge in [0, 0.05) is 12.7 Å². The smallest absolute Gasteiger partial charge is 0.187 e. The van der Waals surface area contributed by atoms with Crippen molar-refractivity contribution >= 4 is 0 Å². The molecular formula is C55H58O11. The third kappa shape index (κ3) is 12.1. The standard InChI is InChI=1S/C55H58O11/c1-56-54-52(50(60-35-42-26-14-5-15-27-42)48-46(63-54)38-62-53(65-48)44-30-18-7-19-31-44)66-55-51(61-36-43-28-16-6-17-29-43)49(59-34-41-24-12-4-13-25-41)47(58-33-40-22-10-3-11-23-40)45(64-55)37-57-32-39-20-8-2-9-21-39/h2-31,45-55H,32-38H2,1H3/t45-,46-,47-,48-,49+,50+,51+,52+,53-,54+,55-/m1/s1. The molecule has 3 saturated heterocycles. The van der Waals surface area contributed by atoms with Gasteiger partial charge in [-0.1, -0.05) is 182 Å². The van der Waals surface area contributed by atoms with Crippen molar-refractivity contribution in [3.05, 3.63) is 215 Å². The number of ether oxygens (including phenoxy) is 11. The topological polar surface area (TPSA) is 102 Å². The number of fused-ring (bicyclic) bond motifs is 1. The van der Waals surface area contributed by atoms with Gasteiger partial charge < -0.3 is 52.1 Å². The van der Waals surface area contributed by atoms with Crippen LogP contribution in [0, 0.1) is 0 Å². The van der Waals surface area contributed by atoms with Crippen LogP contribution in [0.3, 0.4) is 0 Å². The molecule has 0 aliphatic carbocycles. The van der Waals surface area contributed by atoms with Crippen molar-refractivity contribution in [1.82, 2.24) is 0 Å². The average molecular weight is 895 g/mol. The predicted molar refractivity (Wildman–Crippen MR) is 245 cm³/mol. The Kier molecular flexibility index (Phi) is 16.4. The monoisotopic (exact) mass is 894 g/mol. The molecule has 0 unspecified atom stereocenters. The van der Waals surface area contributed by atoms with Crippen LogP contribution in [0.4, 0.5) is 0 Å². The maximum absolute atomic E-state index is 7.28. The minimum absolute atomic E-state index is 0.164. The van der Waals surface area contributed by atoms with Gasteiger partial charge in [0.2, 0.25) is 0 Å². The minimum atomic E-state index is -1.06. The lowest BCUT2D eigenvalue weighted by Crippen LogP contribution is -2.67. The molecule has 3 fully saturated rings. The Bertz CT molecular complexity index is 2280. The van der Waals surface area contributed by atoms with Gasteiger partial charge in [-0.2, -0.15) is 0 Å². The van der Waals surface area contributed by atoms with Crippen molar-refractivity contribution in [3.63, 3.8) is 0 Å². The Morgan fingerprint density at radius 3 is 1.36 bits per heavy atom. The molecule has 0 bridgehead atoms. The summed E-state index contributed by atoms with van der Waals surface area (Å²) in [5.74, 6) is 0. The van der Waals surface area contributed by atoms with Crippen LogP contribution in [0.25, 0.3) is 0 Å². The first kappa shape index (κ1) is 46.0. The van der Waals surface area contributed by atoms with Crippen LogP contribution in [0.1, 0.15) is 39.7 Å². The lowest BCUT2D eigenvalue weighted by atomic mass is 9.95. The summed E-state index contributed by atoms with van der Waals surface area (Å²) >= 11 is 0. The van der Waals surface area contributed by atoms with Crippen molar-refractivity contribution in [2.45, 2.75) is 101 Å². The zero-order valence-electron chi connectivity index (χ0n) is 37.1. The molecule has 0 amide bonds. The summed E-state index contributed by atoms with van der Waals surface area (Å²) in [4.78, 5) is 0. The highest BCUT2D eigenvalue weighted by Gasteiger charge is 2.56. The van der Waals surface area contributed by atoms with E-state index in [1.165, 1.54) is 0 Å². The molecule has 3 aliphatic heterocycles. The molecule has 3 heterocycles. The van der Waals surface area contributed by atoms with Gasteiger partial charge in [0.05, 0.1) is 46.2 Å². The Balaban J connectivity index is 1.08. The molecule has 0 spiro atoms. The van der Waals surface area contributed by atoms with Gasteiger partial charge in [-0.05, 0) is 27.8 Å². The second-order valence-electron chi connectivity index (χ2n) is 16.6. The van der Waals surface area contributed by atoms with Crippen molar-refractivity contribution in [1.29, 1.82) is 0 Å². The minimum Gasteiger partial charge on any atom is -0.374 e. The van der Waals surface area contributed by atoms with Gasteiger partial charge in [-0.15, -0.1) is 0 Å². The number of hydrogen-bond acceptors (Lipinski definition) is 11. The summed E-state index contributed by atoms with van der Waals surface area (Å²) < 4.78 is 74.5. The largest absolute Gasteiger partial charge is 0.374 e. The van der Waals surface area contributed by atoms with Crippen LogP contribution in [0.15, 0.2) is 182 Å². The molecule has 6 aromatic rings. The number of hydrogen-bond donors (Lipinski definition) is 0. The predicted octanol–water partition coefficient (Wildman–Crippen LogP) is 9.14. The molecule has 11 atom stereocenters. The Morgan fingerprint density at radius 1 is 0.424 bits per heavy atom. The summed E-state index contributed by atoms with van der Waals surface area (Å²) in [6.07, 6.45) is -8.26. The van der Waals surface area contributed by atoms with Crippen LogP contribution < -0.4 is 0 Å². The molecule has 9 rings (SSSR count). The lowest BCUT2D eigenvalue weighted by molar-refractivity contribution is -0.400. The molecule has 0 N–H and O–H groups in total. The van der Waals surface area contributed by atoms with Crippen molar-refractivity contribution in [2.24, 2.45) is 0 Å². The van der Waals surface area contributed by atoms with E-state index in [2.05, 4.69) is 0 Å². The highest BCUT2D eigenvalue weighted by atomic mass is 16.8.